The Morgan fingerprint density at radius 2 is 2.12 bits per heavy atom. The van der Waals surface area contributed by atoms with E-state index in [-0.39, 0.29) is 12.4 Å². The predicted octanol–water partition coefficient (Wildman–Crippen LogP) is 0.492. The molecule has 1 atom stereocenters. The van der Waals surface area contributed by atoms with Crippen molar-refractivity contribution in [2.24, 2.45) is 5.73 Å². The first-order valence-corrected chi connectivity index (χ1v) is 3.50. The number of hydrogen-bond acceptors (Lipinski definition) is 2. The number of rotatable bonds is 3. The Bertz CT molecular complexity index is 70.3. The molecule has 3 N–H and O–H groups in total. The number of halogens is 1. The highest BCUT2D eigenvalue weighted by molar-refractivity contribution is 7.37. The summed E-state index contributed by atoms with van der Waals surface area (Å²) >= 11 is 0. The zero-order chi connectivity index (χ0) is 5.70. The van der Waals surface area contributed by atoms with Gasteiger partial charge in [-0.25, -0.2) is 0 Å². The molecule has 0 aromatic heterocycles. The van der Waals surface area contributed by atoms with Crippen molar-refractivity contribution < 1.29 is 9.46 Å². The minimum absolute atomic E-state index is 0. The molecule has 0 amide bonds. The second kappa shape index (κ2) is 7.31. The summed E-state index contributed by atoms with van der Waals surface area (Å²) in [5.74, 6) is 0. The van der Waals surface area contributed by atoms with Crippen molar-refractivity contribution in [3.63, 3.8) is 0 Å². The number of nitrogens with two attached hydrogens (primary N) is 1. The maximum atomic E-state index is 9.85. The van der Waals surface area contributed by atoms with Crippen LogP contribution in [0.25, 0.3) is 0 Å². The average molecular weight is 159 g/mol. The highest BCUT2D eigenvalue weighted by Crippen LogP contribution is 2.12. The van der Waals surface area contributed by atoms with Crippen molar-refractivity contribution in [1.82, 2.24) is 0 Å². The highest BCUT2D eigenvalue weighted by Gasteiger charge is 2.05. The quantitative estimate of drug-likeness (QED) is 0.588. The summed E-state index contributed by atoms with van der Waals surface area (Å²) in [5, 5.41) is 0. The molecular weight excluding hydrogens is 148 g/mol. The molecule has 0 saturated heterocycles. The smallest absolute Gasteiger partial charge is 0.330 e. The Hall–Kier alpha value is 0.310. The van der Waals surface area contributed by atoms with Crippen molar-refractivity contribution in [2.75, 3.05) is 12.7 Å². The molecule has 0 radical (unpaired) electrons. The molecule has 5 heteroatoms. The maximum Gasteiger partial charge on any atom is 0.505 e. The Morgan fingerprint density at radius 3 is 2.25 bits per heavy atom. The van der Waals surface area contributed by atoms with Gasteiger partial charge in [-0.2, -0.15) is 4.89 Å². The molecule has 0 aromatic carbocycles. The zero-order valence-electron chi connectivity index (χ0n) is 4.41. The minimum Gasteiger partial charge on any atom is -0.330 e. The standard InChI is InChI=1S/C3H8NO2P.ClH/c4-2-1-3-7(5)6;/h1-4H2;1H/p+1. The van der Waals surface area contributed by atoms with Crippen LogP contribution in [0, 0.1) is 0 Å². The fraction of sp³-hybridized carbons (Fsp3) is 1.00. The van der Waals surface area contributed by atoms with Crippen LogP contribution in [0.3, 0.4) is 0 Å². The molecule has 1 unspecified atom stereocenters. The first-order valence-electron chi connectivity index (χ1n) is 2.11. The lowest BCUT2D eigenvalue weighted by Gasteiger charge is -1.76. The molecule has 0 rings (SSSR count). The third-order valence-electron chi connectivity index (χ3n) is 0.554. The van der Waals surface area contributed by atoms with Gasteiger partial charge < -0.3 is 5.73 Å². The van der Waals surface area contributed by atoms with Crippen molar-refractivity contribution >= 4 is 20.4 Å². The van der Waals surface area contributed by atoms with Crippen molar-refractivity contribution in [2.45, 2.75) is 6.42 Å². The predicted molar refractivity (Wildman–Crippen MR) is 35.6 cm³/mol. The van der Waals surface area contributed by atoms with E-state index in [1.807, 2.05) is 0 Å². The minimum atomic E-state index is -1.94. The van der Waals surface area contributed by atoms with Gasteiger partial charge in [-0.1, -0.05) is 0 Å². The molecule has 3 nitrogen and oxygen atoms in total. The van der Waals surface area contributed by atoms with Crippen LogP contribution in [0.2, 0.25) is 0 Å². The largest absolute Gasteiger partial charge is 0.505 e. The molecule has 0 saturated carbocycles. The van der Waals surface area contributed by atoms with Crippen LogP contribution in [0.15, 0.2) is 0 Å². The van der Waals surface area contributed by atoms with E-state index >= 15 is 0 Å². The van der Waals surface area contributed by atoms with E-state index in [4.69, 9.17) is 10.6 Å². The fourth-order valence-electron chi connectivity index (χ4n) is 0.227. The van der Waals surface area contributed by atoms with E-state index in [2.05, 4.69) is 0 Å². The van der Waals surface area contributed by atoms with E-state index in [9.17, 15) is 4.57 Å². The van der Waals surface area contributed by atoms with Gasteiger partial charge in [-0.3, -0.25) is 0 Å². The Balaban J connectivity index is 0. The zero-order valence-corrected chi connectivity index (χ0v) is 6.12. The molecule has 0 aliphatic carbocycles. The fourth-order valence-corrected chi connectivity index (χ4v) is 0.680. The third-order valence-corrected chi connectivity index (χ3v) is 1.25. The van der Waals surface area contributed by atoms with Crippen LogP contribution in [0.1, 0.15) is 6.42 Å². The topological polar surface area (TPSA) is 63.3 Å². The van der Waals surface area contributed by atoms with E-state index in [0.29, 0.717) is 19.1 Å². The molecule has 0 spiro atoms. The molecule has 8 heavy (non-hydrogen) atoms. The molecule has 0 heterocycles. The lowest BCUT2D eigenvalue weighted by Crippen LogP contribution is -1.98. The summed E-state index contributed by atoms with van der Waals surface area (Å²) in [7, 11) is -1.94. The summed E-state index contributed by atoms with van der Waals surface area (Å²) in [5.41, 5.74) is 5.04. The van der Waals surface area contributed by atoms with Crippen LogP contribution in [-0.4, -0.2) is 17.6 Å². The summed E-state index contributed by atoms with van der Waals surface area (Å²) in [6.45, 7) is 0.502. The lowest BCUT2D eigenvalue weighted by atomic mass is 10.5. The summed E-state index contributed by atoms with van der Waals surface area (Å²) in [6, 6.07) is 0. The molecule has 0 bridgehead atoms. The molecule has 0 aliphatic rings. The molecular formula is C3H10ClNO2P+. The second-order valence-corrected chi connectivity index (χ2v) is 2.37. The first kappa shape index (κ1) is 11.2. The monoisotopic (exact) mass is 158 g/mol. The van der Waals surface area contributed by atoms with Gasteiger partial charge >= 0.3 is 8.03 Å². The van der Waals surface area contributed by atoms with Crippen LogP contribution in [0.5, 0.6) is 0 Å². The van der Waals surface area contributed by atoms with Gasteiger partial charge in [0, 0.05) is 6.42 Å². The summed E-state index contributed by atoms with van der Waals surface area (Å²) < 4.78 is 9.85. The second-order valence-electron chi connectivity index (χ2n) is 1.22. The van der Waals surface area contributed by atoms with Gasteiger partial charge in [0.2, 0.25) is 0 Å². The van der Waals surface area contributed by atoms with E-state index in [0.717, 1.165) is 0 Å². The molecule has 0 aromatic rings. The normalized spacial score (nSPS) is 10.0. The van der Waals surface area contributed by atoms with E-state index in [1.165, 1.54) is 0 Å². The Morgan fingerprint density at radius 1 is 1.62 bits per heavy atom. The lowest BCUT2D eigenvalue weighted by molar-refractivity contribution is 0.501. The van der Waals surface area contributed by atoms with Gasteiger partial charge in [0.05, 0.1) is 0 Å². The molecule has 0 fully saturated rings. The van der Waals surface area contributed by atoms with Gasteiger partial charge in [0.15, 0.2) is 6.16 Å². The van der Waals surface area contributed by atoms with Gasteiger partial charge in [0.1, 0.15) is 0 Å². The first-order chi connectivity index (χ1) is 3.27. The third kappa shape index (κ3) is 9.58. The maximum absolute atomic E-state index is 9.85. The van der Waals surface area contributed by atoms with E-state index in [1.54, 1.807) is 0 Å². The molecule has 0 aliphatic heterocycles. The van der Waals surface area contributed by atoms with Gasteiger partial charge in [0.25, 0.3) is 0 Å². The van der Waals surface area contributed by atoms with Crippen molar-refractivity contribution in [3.8, 4) is 0 Å². The van der Waals surface area contributed by atoms with Crippen molar-refractivity contribution in [3.05, 3.63) is 0 Å². The van der Waals surface area contributed by atoms with Crippen LogP contribution in [-0.2, 0) is 4.57 Å². The Kier molecular flexibility index (Phi) is 10.2. The average Bonchev–Trinajstić information content (AvgIpc) is 1.61. The van der Waals surface area contributed by atoms with Crippen LogP contribution in [0.4, 0.5) is 0 Å². The van der Waals surface area contributed by atoms with Gasteiger partial charge in [-0.15, -0.1) is 12.4 Å². The Labute approximate surface area is 55.5 Å². The molecule has 50 valence electrons. The van der Waals surface area contributed by atoms with Crippen LogP contribution >= 0.6 is 20.4 Å². The van der Waals surface area contributed by atoms with Crippen LogP contribution < -0.4 is 5.73 Å². The SMILES string of the molecule is Cl.NCCC[P+](=O)O. The number of hydrogen-bond donors (Lipinski definition) is 2. The summed E-state index contributed by atoms with van der Waals surface area (Å²) in [4.78, 5) is 8.14. The van der Waals surface area contributed by atoms with Gasteiger partial charge in [-0.05, 0) is 11.1 Å². The highest BCUT2D eigenvalue weighted by atomic mass is 35.5. The van der Waals surface area contributed by atoms with Crippen molar-refractivity contribution in [1.29, 1.82) is 0 Å². The summed E-state index contributed by atoms with van der Waals surface area (Å²) in [6.07, 6.45) is 0.984. The van der Waals surface area contributed by atoms with E-state index < -0.39 is 8.03 Å².